The van der Waals surface area contributed by atoms with Crippen LogP contribution in [0.25, 0.3) is 0 Å². The fourth-order valence-electron chi connectivity index (χ4n) is 1.97. The third-order valence-corrected chi connectivity index (χ3v) is 2.91. The van der Waals surface area contributed by atoms with E-state index in [2.05, 4.69) is 12.2 Å². The van der Waals surface area contributed by atoms with Gasteiger partial charge in [-0.05, 0) is 30.7 Å². The maximum absolute atomic E-state index is 12.6. The molecular formula is C14H20F3N. The molecule has 18 heavy (non-hydrogen) atoms. The number of unbranched alkanes of at least 4 members (excludes halogenated alkanes) is 1. The van der Waals surface area contributed by atoms with E-state index >= 15 is 0 Å². The van der Waals surface area contributed by atoms with Gasteiger partial charge in [0, 0.05) is 6.04 Å². The molecule has 0 heterocycles. The Hall–Kier alpha value is -1.03. The van der Waals surface area contributed by atoms with Gasteiger partial charge in [-0.15, -0.1) is 0 Å². The molecule has 1 N–H and O–H groups in total. The Morgan fingerprint density at radius 1 is 1.22 bits per heavy atom. The van der Waals surface area contributed by atoms with Gasteiger partial charge in [0.05, 0.1) is 5.56 Å². The summed E-state index contributed by atoms with van der Waals surface area (Å²) in [6.07, 6.45) is -1.35. The molecule has 1 nitrogen and oxygen atoms in total. The van der Waals surface area contributed by atoms with Gasteiger partial charge in [-0.2, -0.15) is 13.2 Å². The lowest BCUT2D eigenvalue weighted by Crippen LogP contribution is -2.21. The van der Waals surface area contributed by atoms with Crippen LogP contribution in [0.1, 0.15) is 50.3 Å². The molecule has 0 aliphatic carbocycles. The van der Waals surface area contributed by atoms with E-state index in [1.54, 1.807) is 6.07 Å². The van der Waals surface area contributed by atoms with Crippen molar-refractivity contribution in [2.75, 3.05) is 6.54 Å². The van der Waals surface area contributed by atoms with Crippen LogP contribution in [0.5, 0.6) is 0 Å². The van der Waals surface area contributed by atoms with Gasteiger partial charge in [0.2, 0.25) is 0 Å². The lowest BCUT2D eigenvalue weighted by molar-refractivity contribution is -0.137. The van der Waals surface area contributed by atoms with Gasteiger partial charge in [0.25, 0.3) is 0 Å². The minimum absolute atomic E-state index is 0.0113. The van der Waals surface area contributed by atoms with E-state index < -0.39 is 11.7 Å². The van der Waals surface area contributed by atoms with Crippen LogP contribution < -0.4 is 5.32 Å². The SMILES string of the molecule is CCCCC(NCC)c1cccc(C(F)(F)F)c1. The van der Waals surface area contributed by atoms with Crippen molar-refractivity contribution in [1.82, 2.24) is 5.32 Å². The lowest BCUT2D eigenvalue weighted by atomic mass is 9.99. The minimum atomic E-state index is -4.27. The molecule has 0 amide bonds. The van der Waals surface area contributed by atoms with Crippen LogP contribution in [0, 0.1) is 0 Å². The quantitative estimate of drug-likeness (QED) is 0.790. The molecule has 1 atom stereocenters. The third-order valence-electron chi connectivity index (χ3n) is 2.91. The first kappa shape index (κ1) is 15.0. The second kappa shape index (κ2) is 6.78. The van der Waals surface area contributed by atoms with Crippen LogP contribution in [0.2, 0.25) is 0 Å². The van der Waals surface area contributed by atoms with Crippen LogP contribution in [0.15, 0.2) is 24.3 Å². The summed E-state index contributed by atoms with van der Waals surface area (Å²) in [6, 6.07) is 5.62. The van der Waals surface area contributed by atoms with E-state index in [1.165, 1.54) is 12.1 Å². The Labute approximate surface area is 106 Å². The van der Waals surface area contributed by atoms with Gasteiger partial charge < -0.3 is 5.32 Å². The van der Waals surface area contributed by atoms with Crippen molar-refractivity contribution in [1.29, 1.82) is 0 Å². The molecule has 0 saturated carbocycles. The van der Waals surface area contributed by atoms with E-state index in [-0.39, 0.29) is 6.04 Å². The molecule has 1 rings (SSSR count). The summed E-state index contributed by atoms with van der Waals surface area (Å²) in [5.74, 6) is 0. The zero-order valence-corrected chi connectivity index (χ0v) is 10.8. The summed E-state index contributed by atoms with van der Waals surface area (Å²) in [7, 11) is 0. The zero-order valence-electron chi connectivity index (χ0n) is 10.8. The van der Waals surface area contributed by atoms with Crippen LogP contribution in [-0.2, 0) is 6.18 Å². The average molecular weight is 259 g/mol. The molecule has 4 heteroatoms. The molecule has 0 aromatic heterocycles. The molecule has 1 unspecified atom stereocenters. The van der Waals surface area contributed by atoms with E-state index in [9.17, 15) is 13.2 Å². The van der Waals surface area contributed by atoms with Crippen LogP contribution in [0.4, 0.5) is 13.2 Å². The van der Waals surface area contributed by atoms with E-state index in [1.807, 2.05) is 6.92 Å². The van der Waals surface area contributed by atoms with Crippen molar-refractivity contribution in [3.05, 3.63) is 35.4 Å². The van der Waals surface area contributed by atoms with Crippen molar-refractivity contribution < 1.29 is 13.2 Å². The highest BCUT2D eigenvalue weighted by atomic mass is 19.4. The second-order valence-corrected chi connectivity index (χ2v) is 4.38. The van der Waals surface area contributed by atoms with Crippen LogP contribution >= 0.6 is 0 Å². The molecule has 0 bridgehead atoms. The number of benzene rings is 1. The third kappa shape index (κ3) is 4.33. The first-order valence-electron chi connectivity index (χ1n) is 6.39. The van der Waals surface area contributed by atoms with Gasteiger partial charge in [-0.3, -0.25) is 0 Å². The first-order chi connectivity index (χ1) is 8.49. The van der Waals surface area contributed by atoms with Gasteiger partial charge in [-0.25, -0.2) is 0 Å². The Balaban J connectivity index is 2.90. The Morgan fingerprint density at radius 2 is 1.94 bits per heavy atom. The molecule has 1 aromatic rings. The van der Waals surface area contributed by atoms with Gasteiger partial charge in [0.1, 0.15) is 0 Å². The van der Waals surface area contributed by atoms with Crippen molar-refractivity contribution in [2.24, 2.45) is 0 Å². The average Bonchev–Trinajstić information content (AvgIpc) is 2.33. The molecular weight excluding hydrogens is 239 g/mol. The highest BCUT2D eigenvalue weighted by Gasteiger charge is 2.30. The molecule has 0 radical (unpaired) electrons. The zero-order chi connectivity index (χ0) is 13.6. The Bertz CT molecular complexity index is 360. The highest BCUT2D eigenvalue weighted by Crippen LogP contribution is 2.31. The molecule has 0 spiro atoms. The maximum Gasteiger partial charge on any atom is 0.416 e. The van der Waals surface area contributed by atoms with Crippen molar-refractivity contribution in [3.8, 4) is 0 Å². The lowest BCUT2D eigenvalue weighted by Gasteiger charge is -2.19. The van der Waals surface area contributed by atoms with E-state index in [0.717, 1.165) is 37.4 Å². The number of hydrogen-bond acceptors (Lipinski definition) is 1. The minimum Gasteiger partial charge on any atom is -0.310 e. The Kier molecular flexibility index (Phi) is 5.66. The fraction of sp³-hybridized carbons (Fsp3) is 0.571. The molecule has 0 fully saturated rings. The summed E-state index contributed by atoms with van der Waals surface area (Å²) in [6.45, 7) is 4.80. The second-order valence-electron chi connectivity index (χ2n) is 4.38. The number of hydrogen-bond donors (Lipinski definition) is 1. The van der Waals surface area contributed by atoms with E-state index in [0.29, 0.717) is 0 Å². The van der Waals surface area contributed by atoms with Gasteiger partial charge >= 0.3 is 6.18 Å². The predicted molar refractivity (Wildman–Crippen MR) is 67.4 cm³/mol. The maximum atomic E-state index is 12.6. The van der Waals surface area contributed by atoms with Crippen LogP contribution in [0.3, 0.4) is 0 Å². The van der Waals surface area contributed by atoms with E-state index in [4.69, 9.17) is 0 Å². The summed E-state index contributed by atoms with van der Waals surface area (Å²) in [5.41, 5.74) is 0.152. The smallest absolute Gasteiger partial charge is 0.310 e. The number of rotatable bonds is 6. The molecule has 1 aromatic carbocycles. The predicted octanol–water partition coefficient (Wildman–Crippen LogP) is 4.55. The van der Waals surface area contributed by atoms with Gasteiger partial charge in [-0.1, -0.05) is 38.8 Å². The summed E-state index contributed by atoms with van der Waals surface area (Å²) in [5, 5.41) is 3.25. The van der Waals surface area contributed by atoms with Crippen molar-refractivity contribution >= 4 is 0 Å². The summed E-state index contributed by atoms with van der Waals surface area (Å²) >= 11 is 0. The summed E-state index contributed by atoms with van der Waals surface area (Å²) < 4.78 is 37.9. The molecule has 0 aliphatic heterocycles. The fourth-order valence-corrected chi connectivity index (χ4v) is 1.97. The standard InChI is InChI=1S/C14H20F3N/c1-3-5-9-13(18-4-2)11-7-6-8-12(10-11)14(15,16)17/h6-8,10,13,18H,3-5,9H2,1-2H3. The largest absolute Gasteiger partial charge is 0.416 e. The number of alkyl halides is 3. The first-order valence-corrected chi connectivity index (χ1v) is 6.39. The highest BCUT2D eigenvalue weighted by molar-refractivity contribution is 5.28. The number of halogens is 3. The van der Waals surface area contributed by atoms with Gasteiger partial charge in [0.15, 0.2) is 0 Å². The molecule has 0 saturated heterocycles. The van der Waals surface area contributed by atoms with Crippen LogP contribution in [-0.4, -0.2) is 6.54 Å². The monoisotopic (exact) mass is 259 g/mol. The molecule has 102 valence electrons. The Morgan fingerprint density at radius 3 is 2.50 bits per heavy atom. The van der Waals surface area contributed by atoms with Crippen molar-refractivity contribution in [2.45, 2.75) is 45.3 Å². The topological polar surface area (TPSA) is 12.0 Å². The number of nitrogens with one attached hydrogen (secondary N) is 1. The normalized spacial score (nSPS) is 13.6. The molecule has 0 aliphatic rings. The summed E-state index contributed by atoms with van der Waals surface area (Å²) in [4.78, 5) is 0. The van der Waals surface area contributed by atoms with Crippen molar-refractivity contribution in [3.63, 3.8) is 0 Å².